The van der Waals surface area contributed by atoms with Crippen molar-refractivity contribution in [3.05, 3.63) is 0 Å². The highest BCUT2D eigenvalue weighted by Crippen LogP contribution is 1.95. The van der Waals surface area contributed by atoms with E-state index in [1.165, 1.54) is 31.1 Å². The molecule has 0 radical (unpaired) electrons. The fourth-order valence-electron chi connectivity index (χ4n) is 0.500. The van der Waals surface area contributed by atoms with Gasteiger partial charge in [-0.3, -0.25) is 0 Å². The predicted molar refractivity (Wildman–Crippen MR) is 42.8 cm³/mol. The Balaban J connectivity index is 0. The molecule has 0 rings (SSSR count). The van der Waals surface area contributed by atoms with Crippen LogP contribution in [0.25, 0.3) is 0 Å². The average Bonchev–Trinajstić information content (AvgIpc) is 1.86. The molecule has 0 aliphatic heterocycles. The van der Waals surface area contributed by atoms with Gasteiger partial charge in [-0.1, -0.05) is 44.9 Å². The molecule has 0 aliphatic rings. The summed E-state index contributed by atoms with van der Waals surface area (Å²) in [5.74, 6) is 0. The molecule has 0 heterocycles. The Labute approximate surface area is 63.5 Å². The van der Waals surface area contributed by atoms with E-state index in [-0.39, 0.29) is 0 Å². The van der Waals surface area contributed by atoms with Gasteiger partial charge in [-0.25, -0.2) is 5.26 Å². The summed E-state index contributed by atoms with van der Waals surface area (Å²) in [7, 11) is 0. The zero-order valence-electron chi connectivity index (χ0n) is 6.18. The smallest absolute Gasteiger partial charge is 0.0536 e. The normalized spacial score (nSPS) is 6.78. The lowest BCUT2D eigenvalue weighted by Crippen LogP contribution is -1.66. The van der Waals surface area contributed by atoms with E-state index in [1.807, 2.05) is 0 Å². The standard InChI is InChI=1S/C6H14.CHNS/c1-3-5-6-4-2;2-1-3/h3-6H2,1-2H3;3H/p-1. The summed E-state index contributed by atoms with van der Waals surface area (Å²) in [4.78, 5) is 0. The van der Waals surface area contributed by atoms with E-state index in [1.54, 1.807) is 0 Å². The number of hydrogen-bond acceptors (Lipinski definition) is 2. The molecule has 0 aliphatic carbocycles. The van der Waals surface area contributed by atoms with Gasteiger partial charge >= 0.3 is 0 Å². The van der Waals surface area contributed by atoms with E-state index in [0.717, 1.165) is 0 Å². The maximum absolute atomic E-state index is 7.13. The summed E-state index contributed by atoms with van der Waals surface area (Å²) in [6.07, 6.45) is 5.54. The molecular formula is C7H14NS-. The maximum atomic E-state index is 7.13. The molecule has 0 fully saturated rings. The van der Waals surface area contributed by atoms with E-state index >= 15 is 0 Å². The summed E-state index contributed by atoms with van der Waals surface area (Å²) in [5, 5.41) is 8.47. The third kappa shape index (κ3) is 34.2. The molecule has 0 aromatic carbocycles. The fraction of sp³-hybridized carbons (Fsp3) is 0.857. The molecule has 0 saturated carbocycles. The highest BCUT2D eigenvalue weighted by molar-refractivity contribution is 7.64. The van der Waals surface area contributed by atoms with Crippen molar-refractivity contribution < 1.29 is 0 Å². The number of unbranched alkanes of at least 4 members (excludes halogenated alkanes) is 3. The molecule has 0 amide bonds. The van der Waals surface area contributed by atoms with Crippen LogP contribution < -0.4 is 0 Å². The molecule has 0 bridgehead atoms. The summed E-state index contributed by atoms with van der Waals surface area (Å²) in [6, 6.07) is 0. The fourth-order valence-corrected chi connectivity index (χ4v) is 0.500. The molecule has 54 valence electrons. The number of nitriles is 1. The van der Waals surface area contributed by atoms with Gasteiger partial charge in [0, 0.05) is 0 Å². The Bertz CT molecular complexity index is 61.8. The maximum Gasteiger partial charge on any atom is -0.0536 e. The first-order valence-electron chi connectivity index (χ1n) is 3.34. The Morgan fingerprint density at radius 2 is 1.44 bits per heavy atom. The molecule has 0 unspecified atom stereocenters. The Morgan fingerprint density at radius 1 is 1.22 bits per heavy atom. The summed E-state index contributed by atoms with van der Waals surface area (Å²) < 4.78 is 0. The number of rotatable bonds is 3. The van der Waals surface area contributed by atoms with Crippen molar-refractivity contribution in [3.63, 3.8) is 0 Å². The summed E-state index contributed by atoms with van der Waals surface area (Å²) in [6.45, 7) is 4.46. The summed E-state index contributed by atoms with van der Waals surface area (Å²) >= 11 is 3.70. The minimum atomic E-state index is 1.33. The van der Waals surface area contributed by atoms with E-state index in [2.05, 4.69) is 26.5 Å². The van der Waals surface area contributed by atoms with Crippen LogP contribution in [-0.2, 0) is 12.6 Å². The van der Waals surface area contributed by atoms with Gasteiger partial charge in [-0.15, -0.1) is 0 Å². The molecule has 9 heavy (non-hydrogen) atoms. The lowest BCUT2D eigenvalue weighted by molar-refractivity contribution is 0.702. The van der Waals surface area contributed by atoms with E-state index in [0.29, 0.717) is 0 Å². The molecule has 2 heteroatoms. The molecule has 0 aromatic rings. The SMILES string of the molecule is CCCCCC.N#C[S-]. The zero-order valence-corrected chi connectivity index (χ0v) is 7.00. The molecule has 0 saturated heterocycles. The highest BCUT2D eigenvalue weighted by atomic mass is 32.1. The number of thiocyanates is 1. The monoisotopic (exact) mass is 144 g/mol. The van der Waals surface area contributed by atoms with E-state index in [4.69, 9.17) is 5.26 Å². The van der Waals surface area contributed by atoms with Gasteiger partial charge in [0.25, 0.3) is 0 Å². The van der Waals surface area contributed by atoms with Crippen LogP contribution in [-0.4, -0.2) is 0 Å². The van der Waals surface area contributed by atoms with Crippen molar-refractivity contribution in [3.8, 4) is 5.40 Å². The second-order valence-electron chi connectivity index (χ2n) is 1.80. The molecule has 0 aromatic heterocycles. The number of hydrogen-bond donors (Lipinski definition) is 0. The van der Waals surface area contributed by atoms with Crippen LogP contribution in [0.5, 0.6) is 0 Å². The largest absolute Gasteiger partial charge is 0.696 e. The third-order valence-corrected chi connectivity index (χ3v) is 0.957. The number of nitrogens with zero attached hydrogens (tertiary/aromatic N) is 1. The van der Waals surface area contributed by atoms with E-state index in [9.17, 15) is 0 Å². The Morgan fingerprint density at radius 3 is 1.56 bits per heavy atom. The Kier molecular flexibility index (Phi) is 20.0. The van der Waals surface area contributed by atoms with Crippen LogP contribution in [0.4, 0.5) is 0 Å². The van der Waals surface area contributed by atoms with Crippen molar-refractivity contribution >= 4 is 12.6 Å². The van der Waals surface area contributed by atoms with Gasteiger partial charge in [0.2, 0.25) is 0 Å². The Hall–Kier alpha value is -0.290. The van der Waals surface area contributed by atoms with Gasteiger partial charge in [-0.2, -0.15) is 0 Å². The van der Waals surface area contributed by atoms with Gasteiger partial charge in [0.15, 0.2) is 0 Å². The van der Waals surface area contributed by atoms with Crippen molar-refractivity contribution in [2.45, 2.75) is 39.5 Å². The second-order valence-corrected chi connectivity index (χ2v) is 1.98. The lowest BCUT2D eigenvalue weighted by atomic mass is 10.2. The van der Waals surface area contributed by atoms with Crippen LogP contribution in [0.2, 0.25) is 0 Å². The van der Waals surface area contributed by atoms with Crippen LogP contribution >= 0.6 is 0 Å². The zero-order chi connectivity index (χ0) is 7.54. The molecular weight excluding hydrogens is 130 g/mol. The van der Waals surface area contributed by atoms with Crippen molar-refractivity contribution in [2.24, 2.45) is 0 Å². The topological polar surface area (TPSA) is 23.8 Å². The average molecular weight is 144 g/mol. The van der Waals surface area contributed by atoms with Crippen LogP contribution in [0.15, 0.2) is 0 Å². The first-order valence-corrected chi connectivity index (χ1v) is 3.75. The van der Waals surface area contributed by atoms with Crippen LogP contribution in [0, 0.1) is 10.7 Å². The lowest BCUT2D eigenvalue weighted by Gasteiger charge is -1.86. The van der Waals surface area contributed by atoms with Crippen LogP contribution in [0.3, 0.4) is 0 Å². The first kappa shape index (κ1) is 11.5. The minimum absolute atomic E-state index is 1.33. The molecule has 0 spiro atoms. The quantitative estimate of drug-likeness (QED) is 0.345. The minimum Gasteiger partial charge on any atom is -0.696 e. The van der Waals surface area contributed by atoms with Crippen molar-refractivity contribution in [1.29, 1.82) is 5.26 Å². The van der Waals surface area contributed by atoms with Crippen molar-refractivity contribution in [2.75, 3.05) is 0 Å². The highest BCUT2D eigenvalue weighted by Gasteiger charge is 1.75. The molecule has 1 nitrogen and oxygen atoms in total. The van der Waals surface area contributed by atoms with Gasteiger partial charge < -0.3 is 12.6 Å². The van der Waals surface area contributed by atoms with Gasteiger partial charge in [0.05, 0.1) is 0 Å². The summed E-state index contributed by atoms with van der Waals surface area (Å²) in [5.41, 5.74) is 0. The van der Waals surface area contributed by atoms with Gasteiger partial charge in [-0.05, 0) is 0 Å². The van der Waals surface area contributed by atoms with E-state index < -0.39 is 0 Å². The first-order chi connectivity index (χ1) is 4.33. The molecule has 0 N–H and O–H groups in total. The van der Waals surface area contributed by atoms with Gasteiger partial charge in [0.1, 0.15) is 0 Å². The molecule has 0 atom stereocenters. The predicted octanol–water partition coefficient (Wildman–Crippen LogP) is 2.60. The second kappa shape index (κ2) is 15.6. The van der Waals surface area contributed by atoms with Crippen LogP contribution in [0.1, 0.15) is 39.5 Å². The third-order valence-electron chi connectivity index (χ3n) is 0.957. The van der Waals surface area contributed by atoms with Crippen molar-refractivity contribution in [1.82, 2.24) is 0 Å².